The van der Waals surface area contributed by atoms with Gasteiger partial charge < -0.3 is 4.74 Å². The summed E-state index contributed by atoms with van der Waals surface area (Å²) in [6.07, 6.45) is 0.491. The molecule has 0 heterocycles. The van der Waals surface area contributed by atoms with E-state index in [0.29, 0.717) is 12.9 Å². The Hall–Kier alpha value is 0.210. The molecule has 0 radical (unpaired) electrons. The van der Waals surface area contributed by atoms with Crippen molar-refractivity contribution in [2.24, 2.45) is 0 Å². The predicted octanol–water partition coefficient (Wildman–Crippen LogP) is 1.40. The molecule has 0 aliphatic carbocycles. The van der Waals surface area contributed by atoms with Crippen molar-refractivity contribution in [1.82, 2.24) is 0 Å². The molecule has 2 nitrogen and oxygen atoms in total. The van der Waals surface area contributed by atoms with Crippen molar-refractivity contribution >= 4 is 29.5 Å². The number of alkyl halides is 2. The predicted molar refractivity (Wildman–Crippen MR) is 37.0 cm³/mol. The van der Waals surface area contributed by atoms with E-state index in [4.69, 9.17) is 27.9 Å². The number of hydrogen-bond acceptors (Lipinski definition) is 2. The molecule has 0 aromatic heterocycles. The number of halogens is 2. The van der Waals surface area contributed by atoms with Crippen molar-refractivity contribution in [1.29, 1.82) is 0 Å². The number of aldehydes is 1. The van der Waals surface area contributed by atoms with Gasteiger partial charge in [0, 0.05) is 6.61 Å². The molecule has 0 rings (SSSR count). The first-order valence-corrected chi connectivity index (χ1v) is 3.45. The van der Waals surface area contributed by atoms with E-state index in [2.05, 4.69) is 0 Å². The van der Waals surface area contributed by atoms with Crippen LogP contribution in [0.4, 0.5) is 0 Å². The van der Waals surface area contributed by atoms with Gasteiger partial charge in [0.05, 0.1) is 5.88 Å². The van der Waals surface area contributed by atoms with Gasteiger partial charge in [-0.15, -0.1) is 11.6 Å². The van der Waals surface area contributed by atoms with Gasteiger partial charge in [-0.05, 0) is 6.92 Å². The first kappa shape index (κ1) is 9.21. The molecule has 1 unspecified atom stereocenters. The standard InChI is InChI=1S/C5H8Cl2O2/c1-2-9-5(7,3-6)4-8/h4H,2-3H2,1H3. The molecule has 4 heteroatoms. The third-order valence-electron chi connectivity index (χ3n) is 0.742. The van der Waals surface area contributed by atoms with Crippen LogP contribution in [0.5, 0.6) is 0 Å². The average molecular weight is 171 g/mol. The SMILES string of the molecule is CCOC(Cl)(C=O)CCl. The van der Waals surface area contributed by atoms with Gasteiger partial charge in [0.2, 0.25) is 5.06 Å². The van der Waals surface area contributed by atoms with Gasteiger partial charge in [-0.3, -0.25) is 4.79 Å². The van der Waals surface area contributed by atoms with Crippen LogP contribution in [-0.4, -0.2) is 23.8 Å². The van der Waals surface area contributed by atoms with Crippen LogP contribution in [-0.2, 0) is 9.53 Å². The second-order valence-corrected chi connectivity index (χ2v) is 2.38. The highest BCUT2D eigenvalue weighted by Crippen LogP contribution is 2.15. The number of hydrogen-bond donors (Lipinski definition) is 0. The van der Waals surface area contributed by atoms with Gasteiger partial charge in [0.1, 0.15) is 0 Å². The van der Waals surface area contributed by atoms with Gasteiger partial charge in [-0.2, -0.15) is 0 Å². The highest BCUT2D eigenvalue weighted by atomic mass is 35.5. The zero-order valence-electron chi connectivity index (χ0n) is 5.06. The Balaban J connectivity index is 3.76. The lowest BCUT2D eigenvalue weighted by Gasteiger charge is -2.15. The second kappa shape index (κ2) is 4.09. The summed E-state index contributed by atoms with van der Waals surface area (Å²) in [6.45, 7) is 2.13. The normalized spacial score (nSPS) is 16.8. The zero-order valence-corrected chi connectivity index (χ0v) is 6.58. The summed E-state index contributed by atoms with van der Waals surface area (Å²) >= 11 is 10.8. The fourth-order valence-corrected chi connectivity index (χ4v) is 0.593. The first-order valence-electron chi connectivity index (χ1n) is 2.53. The summed E-state index contributed by atoms with van der Waals surface area (Å²) in [7, 11) is 0. The van der Waals surface area contributed by atoms with E-state index in [1.165, 1.54) is 0 Å². The third-order valence-corrected chi connectivity index (χ3v) is 1.61. The molecule has 54 valence electrons. The van der Waals surface area contributed by atoms with Crippen LogP contribution in [0.15, 0.2) is 0 Å². The Morgan fingerprint density at radius 1 is 1.78 bits per heavy atom. The summed E-state index contributed by atoms with van der Waals surface area (Å²) in [5.41, 5.74) is 0. The quantitative estimate of drug-likeness (QED) is 0.472. The van der Waals surface area contributed by atoms with Gasteiger partial charge in [-0.1, -0.05) is 11.6 Å². The van der Waals surface area contributed by atoms with E-state index in [9.17, 15) is 4.79 Å². The molecule has 0 saturated carbocycles. The lowest BCUT2D eigenvalue weighted by atomic mass is 10.4. The van der Waals surface area contributed by atoms with Gasteiger partial charge >= 0.3 is 0 Å². The Morgan fingerprint density at radius 3 is 2.44 bits per heavy atom. The van der Waals surface area contributed by atoms with Gasteiger partial charge in [0.25, 0.3) is 0 Å². The van der Waals surface area contributed by atoms with Crippen molar-refractivity contribution in [3.05, 3.63) is 0 Å². The molecule has 0 aromatic rings. The number of rotatable bonds is 4. The van der Waals surface area contributed by atoms with Crippen molar-refractivity contribution in [2.45, 2.75) is 12.0 Å². The Labute approximate surface area is 64.1 Å². The molecule has 0 bridgehead atoms. The number of carbonyl (C=O) groups is 1. The minimum absolute atomic E-state index is 0.0219. The minimum atomic E-state index is -1.31. The van der Waals surface area contributed by atoms with Crippen LogP contribution in [0.3, 0.4) is 0 Å². The second-order valence-electron chi connectivity index (χ2n) is 1.47. The van der Waals surface area contributed by atoms with E-state index in [-0.39, 0.29) is 5.88 Å². The van der Waals surface area contributed by atoms with Crippen LogP contribution in [0.1, 0.15) is 6.92 Å². The van der Waals surface area contributed by atoms with Gasteiger partial charge in [0.15, 0.2) is 6.29 Å². The average Bonchev–Trinajstić information content (AvgIpc) is 1.89. The molecule has 0 amide bonds. The Bertz CT molecular complexity index is 97.0. The topological polar surface area (TPSA) is 26.3 Å². The van der Waals surface area contributed by atoms with E-state index < -0.39 is 5.06 Å². The van der Waals surface area contributed by atoms with Crippen molar-refractivity contribution in [3.63, 3.8) is 0 Å². The molecule has 9 heavy (non-hydrogen) atoms. The molecular weight excluding hydrogens is 163 g/mol. The summed E-state index contributed by atoms with van der Waals surface area (Å²) in [4.78, 5) is 10.1. The molecule has 0 N–H and O–H groups in total. The van der Waals surface area contributed by atoms with Crippen LogP contribution < -0.4 is 0 Å². The van der Waals surface area contributed by atoms with E-state index in [1.54, 1.807) is 6.92 Å². The molecular formula is C5H8Cl2O2. The van der Waals surface area contributed by atoms with Crippen LogP contribution in [0, 0.1) is 0 Å². The molecule has 0 aromatic carbocycles. The lowest BCUT2D eigenvalue weighted by molar-refractivity contribution is -0.119. The van der Waals surface area contributed by atoms with Crippen LogP contribution in [0.2, 0.25) is 0 Å². The maximum absolute atomic E-state index is 10.1. The number of carbonyl (C=O) groups excluding carboxylic acids is 1. The maximum atomic E-state index is 10.1. The van der Waals surface area contributed by atoms with Crippen molar-refractivity contribution in [3.8, 4) is 0 Å². The highest BCUT2D eigenvalue weighted by molar-refractivity contribution is 6.35. The fourth-order valence-electron chi connectivity index (χ4n) is 0.344. The molecule has 0 spiro atoms. The van der Waals surface area contributed by atoms with Crippen LogP contribution >= 0.6 is 23.2 Å². The van der Waals surface area contributed by atoms with Crippen molar-refractivity contribution in [2.75, 3.05) is 12.5 Å². The monoisotopic (exact) mass is 170 g/mol. The molecule has 0 aliphatic heterocycles. The first-order chi connectivity index (χ1) is 4.18. The Morgan fingerprint density at radius 2 is 2.33 bits per heavy atom. The van der Waals surface area contributed by atoms with Crippen LogP contribution in [0.25, 0.3) is 0 Å². The maximum Gasteiger partial charge on any atom is 0.210 e. The van der Waals surface area contributed by atoms with E-state index in [0.717, 1.165) is 0 Å². The summed E-state index contributed by atoms with van der Waals surface area (Å²) < 4.78 is 4.79. The summed E-state index contributed by atoms with van der Waals surface area (Å²) in [6, 6.07) is 0. The van der Waals surface area contributed by atoms with Crippen molar-refractivity contribution < 1.29 is 9.53 Å². The molecule has 0 fully saturated rings. The third kappa shape index (κ3) is 3.04. The Kier molecular flexibility index (Phi) is 4.19. The summed E-state index contributed by atoms with van der Waals surface area (Å²) in [5.74, 6) is -0.0219. The number of ether oxygens (including phenoxy) is 1. The highest BCUT2D eigenvalue weighted by Gasteiger charge is 2.24. The van der Waals surface area contributed by atoms with Gasteiger partial charge in [-0.25, -0.2) is 0 Å². The molecule has 0 saturated heterocycles. The molecule has 1 atom stereocenters. The fraction of sp³-hybridized carbons (Fsp3) is 0.800. The van der Waals surface area contributed by atoms with E-state index in [1.807, 2.05) is 0 Å². The lowest BCUT2D eigenvalue weighted by Crippen LogP contribution is -2.29. The zero-order chi connectivity index (χ0) is 7.33. The minimum Gasteiger partial charge on any atom is -0.352 e. The largest absolute Gasteiger partial charge is 0.352 e. The molecule has 0 aliphatic rings. The summed E-state index contributed by atoms with van der Waals surface area (Å²) in [5, 5.41) is -1.31. The smallest absolute Gasteiger partial charge is 0.210 e. The van der Waals surface area contributed by atoms with E-state index >= 15 is 0 Å².